The number of aliphatic hydroxyl groups is 1. The Kier molecular flexibility index (Phi) is 4.16. The normalized spacial score (nSPS) is 12.4. The van der Waals surface area contributed by atoms with Crippen LogP contribution in [0.1, 0.15) is 38.4 Å². The Bertz CT molecular complexity index is 550. The molecule has 2 rings (SSSR count). The van der Waals surface area contributed by atoms with Gasteiger partial charge in [-0.25, -0.2) is 0 Å². The van der Waals surface area contributed by atoms with Crippen molar-refractivity contribution >= 4 is 10.8 Å². The summed E-state index contributed by atoms with van der Waals surface area (Å²) in [5.41, 5.74) is 2.32. The third-order valence-corrected chi connectivity index (χ3v) is 3.15. The highest BCUT2D eigenvalue weighted by Crippen LogP contribution is 2.23. The Labute approximate surface area is 109 Å². The molecule has 0 radical (unpaired) electrons. The van der Waals surface area contributed by atoms with E-state index < -0.39 is 0 Å². The molecule has 0 fully saturated rings. The minimum atomic E-state index is -0.370. The Morgan fingerprint density at radius 1 is 1.11 bits per heavy atom. The first-order chi connectivity index (χ1) is 8.66. The molecule has 0 aliphatic carbocycles. The van der Waals surface area contributed by atoms with Crippen LogP contribution in [0.2, 0.25) is 0 Å². The van der Waals surface area contributed by atoms with Crippen LogP contribution < -0.4 is 0 Å². The highest BCUT2D eigenvalue weighted by molar-refractivity contribution is 5.83. The summed E-state index contributed by atoms with van der Waals surface area (Å²) >= 11 is 0. The number of hydrogen-bond acceptors (Lipinski definition) is 1. The lowest BCUT2D eigenvalue weighted by Gasteiger charge is -2.11. The van der Waals surface area contributed by atoms with E-state index in [0.717, 1.165) is 18.4 Å². The zero-order valence-electron chi connectivity index (χ0n) is 11.1. The zero-order valence-corrected chi connectivity index (χ0v) is 11.1. The monoisotopic (exact) mass is 240 g/mol. The van der Waals surface area contributed by atoms with Crippen LogP contribution >= 0.6 is 0 Å². The highest BCUT2D eigenvalue weighted by atomic mass is 16.3. The topological polar surface area (TPSA) is 20.2 Å². The van der Waals surface area contributed by atoms with Gasteiger partial charge < -0.3 is 5.11 Å². The minimum Gasteiger partial charge on any atom is -0.388 e. The Balaban J connectivity index is 2.12. The zero-order chi connectivity index (χ0) is 13.0. The molecule has 0 spiro atoms. The molecule has 0 saturated heterocycles. The molecule has 94 valence electrons. The molecule has 1 atom stereocenters. The third-order valence-electron chi connectivity index (χ3n) is 3.15. The average Bonchev–Trinajstić information content (AvgIpc) is 2.37. The van der Waals surface area contributed by atoms with Crippen molar-refractivity contribution in [2.24, 2.45) is 0 Å². The van der Waals surface area contributed by atoms with E-state index in [-0.39, 0.29) is 6.10 Å². The summed E-state index contributed by atoms with van der Waals surface area (Å²) < 4.78 is 0. The van der Waals surface area contributed by atoms with Gasteiger partial charge in [0, 0.05) is 0 Å². The van der Waals surface area contributed by atoms with Gasteiger partial charge in [0.05, 0.1) is 6.10 Å². The minimum absolute atomic E-state index is 0.370. The van der Waals surface area contributed by atoms with Gasteiger partial charge in [-0.2, -0.15) is 0 Å². The third kappa shape index (κ3) is 3.21. The fraction of sp³-hybridized carbons (Fsp3) is 0.294. The number of benzene rings is 2. The van der Waals surface area contributed by atoms with Gasteiger partial charge in [-0.3, -0.25) is 0 Å². The molecular weight excluding hydrogens is 220 g/mol. The molecule has 2 aromatic rings. The standard InChI is InChI=1S/C17H20O/c1-13(2)6-5-9-17(18)16-11-10-14-7-3-4-8-15(14)12-16/h3-4,6-8,10-12,17-18H,5,9H2,1-2H3/t17-/m0/s1. The molecule has 1 nitrogen and oxygen atoms in total. The van der Waals surface area contributed by atoms with Crippen molar-refractivity contribution in [1.29, 1.82) is 0 Å². The van der Waals surface area contributed by atoms with Gasteiger partial charge in [-0.1, -0.05) is 48.0 Å². The Morgan fingerprint density at radius 3 is 2.56 bits per heavy atom. The number of aliphatic hydroxyl groups excluding tert-OH is 1. The maximum Gasteiger partial charge on any atom is 0.0793 e. The molecule has 0 heterocycles. The van der Waals surface area contributed by atoms with E-state index >= 15 is 0 Å². The molecule has 2 aromatic carbocycles. The predicted molar refractivity (Wildman–Crippen MR) is 77.6 cm³/mol. The van der Waals surface area contributed by atoms with E-state index in [2.05, 4.69) is 44.2 Å². The molecule has 0 amide bonds. The van der Waals surface area contributed by atoms with E-state index in [1.165, 1.54) is 16.3 Å². The van der Waals surface area contributed by atoms with Crippen molar-refractivity contribution < 1.29 is 5.11 Å². The molecule has 0 aliphatic rings. The van der Waals surface area contributed by atoms with E-state index in [0.29, 0.717) is 0 Å². The van der Waals surface area contributed by atoms with E-state index in [1.54, 1.807) is 0 Å². The van der Waals surface area contributed by atoms with Crippen LogP contribution in [-0.2, 0) is 0 Å². The molecule has 0 aromatic heterocycles. The van der Waals surface area contributed by atoms with Gasteiger partial charge in [0.2, 0.25) is 0 Å². The molecule has 0 saturated carbocycles. The number of allylic oxidation sites excluding steroid dienone is 2. The second-order valence-electron chi connectivity index (χ2n) is 4.98. The van der Waals surface area contributed by atoms with Crippen molar-refractivity contribution in [2.75, 3.05) is 0 Å². The first-order valence-corrected chi connectivity index (χ1v) is 6.47. The van der Waals surface area contributed by atoms with Gasteiger partial charge in [0.15, 0.2) is 0 Å². The van der Waals surface area contributed by atoms with Gasteiger partial charge in [0.25, 0.3) is 0 Å². The summed E-state index contributed by atoms with van der Waals surface area (Å²) in [7, 11) is 0. The molecule has 1 heteroatoms. The Hall–Kier alpha value is -1.60. The maximum absolute atomic E-state index is 10.2. The number of hydrogen-bond donors (Lipinski definition) is 1. The Morgan fingerprint density at radius 2 is 1.83 bits per heavy atom. The van der Waals surface area contributed by atoms with Crippen LogP contribution in [0.3, 0.4) is 0 Å². The second-order valence-corrected chi connectivity index (χ2v) is 4.98. The first kappa shape index (κ1) is 12.8. The smallest absolute Gasteiger partial charge is 0.0793 e. The second kappa shape index (κ2) is 5.83. The quantitative estimate of drug-likeness (QED) is 0.773. The number of fused-ring (bicyclic) bond motifs is 1. The lowest BCUT2D eigenvalue weighted by molar-refractivity contribution is 0.169. The van der Waals surface area contributed by atoms with Crippen LogP contribution in [0.5, 0.6) is 0 Å². The van der Waals surface area contributed by atoms with Gasteiger partial charge in [0.1, 0.15) is 0 Å². The van der Waals surface area contributed by atoms with Crippen LogP contribution in [-0.4, -0.2) is 5.11 Å². The summed E-state index contributed by atoms with van der Waals surface area (Å²) in [6.45, 7) is 4.17. The maximum atomic E-state index is 10.2. The summed E-state index contributed by atoms with van der Waals surface area (Å²) in [5, 5.41) is 12.6. The number of rotatable bonds is 4. The fourth-order valence-corrected chi connectivity index (χ4v) is 2.11. The van der Waals surface area contributed by atoms with E-state index in [9.17, 15) is 5.11 Å². The largest absolute Gasteiger partial charge is 0.388 e. The van der Waals surface area contributed by atoms with Crippen LogP contribution in [0.25, 0.3) is 10.8 Å². The molecule has 0 unspecified atom stereocenters. The van der Waals surface area contributed by atoms with Crippen molar-refractivity contribution in [3.05, 3.63) is 59.7 Å². The van der Waals surface area contributed by atoms with E-state index in [1.807, 2.05) is 18.2 Å². The van der Waals surface area contributed by atoms with Crippen molar-refractivity contribution in [2.45, 2.75) is 32.8 Å². The van der Waals surface area contributed by atoms with Gasteiger partial charge in [-0.15, -0.1) is 0 Å². The van der Waals surface area contributed by atoms with Crippen molar-refractivity contribution in [3.8, 4) is 0 Å². The summed E-state index contributed by atoms with van der Waals surface area (Å²) in [6, 6.07) is 14.4. The molecular formula is C17H20O. The molecule has 1 N–H and O–H groups in total. The van der Waals surface area contributed by atoms with Crippen LogP contribution in [0.15, 0.2) is 54.1 Å². The predicted octanol–water partition coefficient (Wildman–Crippen LogP) is 4.62. The average molecular weight is 240 g/mol. The highest BCUT2D eigenvalue weighted by Gasteiger charge is 2.06. The lowest BCUT2D eigenvalue weighted by atomic mass is 10.0. The molecule has 0 bridgehead atoms. The summed E-state index contributed by atoms with van der Waals surface area (Å²) in [5.74, 6) is 0. The van der Waals surface area contributed by atoms with Gasteiger partial charge in [-0.05, 0) is 49.1 Å². The van der Waals surface area contributed by atoms with Crippen LogP contribution in [0, 0.1) is 0 Å². The lowest BCUT2D eigenvalue weighted by Crippen LogP contribution is -1.96. The molecule has 0 aliphatic heterocycles. The summed E-state index contributed by atoms with van der Waals surface area (Å²) in [6.07, 6.45) is 3.51. The SMILES string of the molecule is CC(C)=CCC[C@H](O)c1ccc2ccccc2c1. The van der Waals surface area contributed by atoms with Crippen LogP contribution in [0.4, 0.5) is 0 Å². The van der Waals surface area contributed by atoms with Crippen molar-refractivity contribution in [3.63, 3.8) is 0 Å². The van der Waals surface area contributed by atoms with Crippen molar-refractivity contribution in [1.82, 2.24) is 0 Å². The summed E-state index contributed by atoms with van der Waals surface area (Å²) in [4.78, 5) is 0. The van der Waals surface area contributed by atoms with E-state index in [4.69, 9.17) is 0 Å². The fourth-order valence-electron chi connectivity index (χ4n) is 2.11. The van der Waals surface area contributed by atoms with Gasteiger partial charge >= 0.3 is 0 Å². The first-order valence-electron chi connectivity index (χ1n) is 6.47. The molecule has 18 heavy (non-hydrogen) atoms.